The molecular formula is C15H14O2S. The molecule has 3 heteroatoms. The SMILES string of the molecule is S=C(OCc1ccccc1)OCc1ccccc1. The summed E-state index contributed by atoms with van der Waals surface area (Å²) in [5.41, 5.74) is 2.14. The van der Waals surface area contributed by atoms with Gasteiger partial charge in [-0.25, -0.2) is 0 Å². The summed E-state index contributed by atoms with van der Waals surface area (Å²) in [6.07, 6.45) is 0. The van der Waals surface area contributed by atoms with Gasteiger partial charge in [-0.3, -0.25) is 0 Å². The highest BCUT2D eigenvalue weighted by Gasteiger charge is 2.00. The van der Waals surface area contributed by atoms with Crippen LogP contribution < -0.4 is 0 Å². The van der Waals surface area contributed by atoms with Crippen molar-refractivity contribution >= 4 is 17.5 Å². The second-order valence-corrected chi connectivity index (χ2v) is 4.13. The van der Waals surface area contributed by atoms with E-state index in [0.29, 0.717) is 13.2 Å². The van der Waals surface area contributed by atoms with E-state index in [1.165, 1.54) is 0 Å². The minimum atomic E-state index is 0.183. The lowest BCUT2D eigenvalue weighted by Gasteiger charge is -2.09. The molecule has 18 heavy (non-hydrogen) atoms. The van der Waals surface area contributed by atoms with Crippen molar-refractivity contribution in [3.63, 3.8) is 0 Å². The maximum atomic E-state index is 5.36. The monoisotopic (exact) mass is 258 g/mol. The van der Waals surface area contributed by atoms with Crippen LogP contribution in [0.4, 0.5) is 0 Å². The van der Waals surface area contributed by atoms with Gasteiger partial charge in [0.15, 0.2) is 0 Å². The lowest BCUT2D eigenvalue weighted by atomic mass is 10.2. The highest BCUT2D eigenvalue weighted by Crippen LogP contribution is 2.04. The number of hydrogen-bond donors (Lipinski definition) is 0. The third kappa shape index (κ3) is 4.18. The maximum Gasteiger partial charge on any atom is 0.352 e. The van der Waals surface area contributed by atoms with Gasteiger partial charge in [-0.2, -0.15) is 0 Å². The molecule has 0 aliphatic carbocycles. The van der Waals surface area contributed by atoms with Crippen LogP contribution in [0.1, 0.15) is 11.1 Å². The van der Waals surface area contributed by atoms with Crippen molar-refractivity contribution in [1.29, 1.82) is 0 Å². The standard InChI is InChI=1S/C15H14O2S/c18-15(16-11-13-7-3-1-4-8-13)17-12-14-9-5-2-6-10-14/h1-10H,11-12H2. The lowest BCUT2D eigenvalue weighted by molar-refractivity contribution is 0.162. The van der Waals surface area contributed by atoms with E-state index in [0.717, 1.165) is 11.1 Å². The van der Waals surface area contributed by atoms with Gasteiger partial charge in [0.05, 0.1) is 0 Å². The van der Waals surface area contributed by atoms with Gasteiger partial charge in [0, 0.05) is 12.2 Å². The molecule has 0 saturated heterocycles. The van der Waals surface area contributed by atoms with E-state index in [2.05, 4.69) is 0 Å². The van der Waals surface area contributed by atoms with Crippen molar-refractivity contribution in [1.82, 2.24) is 0 Å². The van der Waals surface area contributed by atoms with Gasteiger partial charge in [-0.15, -0.1) is 0 Å². The Morgan fingerprint density at radius 3 is 1.50 bits per heavy atom. The Morgan fingerprint density at radius 1 is 0.722 bits per heavy atom. The molecule has 0 N–H and O–H groups in total. The summed E-state index contributed by atoms with van der Waals surface area (Å²) in [6, 6.07) is 19.7. The summed E-state index contributed by atoms with van der Waals surface area (Å²) in [5.74, 6) is 0. The van der Waals surface area contributed by atoms with Crippen LogP contribution in [-0.2, 0) is 22.7 Å². The number of benzene rings is 2. The third-order valence-corrected chi connectivity index (χ3v) is 2.63. The Balaban J connectivity index is 1.73. The zero-order valence-corrected chi connectivity index (χ0v) is 10.7. The molecule has 2 aromatic rings. The van der Waals surface area contributed by atoms with Crippen LogP contribution in [-0.4, -0.2) is 5.24 Å². The maximum absolute atomic E-state index is 5.36. The minimum Gasteiger partial charge on any atom is -0.452 e. The summed E-state index contributed by atoms with van der Waals surface area (Å²) in [4.78, 5) is 0. The second kappa shape index (κ2) is 6.77. The second-order valence-electron chi connectivity index (χ2n) is 3.80. The van der Waals surface area contributed by atoms with Crippen LogP contribution in [0.25, 0.3) is 0 Å². The van der Waals surface area contributed by atoms with E-state index < -0.39 is 0 Å². The highest BCUT2D eigenvalue weighted by atomic mass is 32.1. The van der Waals surface area contributed by atoms with E-state index in [-0.39, 0.29) is 5.24 Å². The predicted molar refractivity (Wildman–Crippen MR) is 75.1 cm³/mol. The Labute approximate surface area is 112 Å². The summed E-state index contributed by atoms with van der Waals surface area (Å²) < 4.78 is 10.7. The molecule has 92 valence electrons. The molecule has 0 saturated carbocycles. The van der Waals surface area contributed by atoms with Crippen LogP contribution in [0.15, 0.2) is 60.7 Å². The molecule has 0 atom stereocenters. The molecule has 0 bridgehead atoms. The van der Waals surface area contributed by atoms with E-state index in [1.54, 1.807) is 0 Å². The van der Waals surface area contributed by atoms with E-state index in [1.807, 2.05) is 60.7 Å². The molecule has 2 nitrogen and oxygen atoms in total. The fourth-order valence-corrected chi connectivity index (χ4v) is 1.59. The lowest BCUT2D eigenvalue weighted by Crippen LogP contribution is -2.06. The zero-order chi connectivity index (χ0) is 12.6. The molecule has 0 amide bonds. The van der Waals surface area contributed by atoms with E-state index in [4.69, 9.17) is 21.7 Å². The normalized spacial score (nSPS) is 9.78. The number of rotatable bonds is 4. The van der Waals surface area contributed by atoms with Crippen molar-refractivity contribution < 1.29 is 9.47 Å². The Kier molecular flexibility index (Phi) is 4.73. The zero-order valence-electron chi connectivity index (χ0n) is 9.91. The van der Waals surface area contributed by atoms with E-state index in [9.17, 15) is 0 Å². The predicted octanol–water partition coefficient (Wildman–Crippen LogP) is 3.70. The van der Waals surface area contributed by atoms with Gasteiger partial charge in [-0.1, -0.05) is 60.7 Å². The van der Waals surface area contributed by atoms with Gasteiger partial charge >= 0.3 is 5.24 Å². The quantitative estimate of drug-likeness (QED) is 0.779. The van der Waals surface area contributed by atoms with Gasteiger partial charge in [0.2, 0.25) is 0 Å². The molecule has 0 aliphatic heterocycles. The first kappa shape index (κ1) is 12.6. The average Bonchev–Trinajstić information content (AvgIpc) is 2.45. The third-order valence-electron chi connectivity index (χ3n) is 2.40. The molecule has 2 aromatic carbocycles. The first-order valence-corrected chi connectivity index (χ1v) is 6.13. The van der Waals surface area contributed by atoms with Crippen molar-refractivity contribution in [3.05, 3.63) is 71.8 Å². The topological polar surface area (TPSA) is 18.5 Å². The highest BCUT2D eigenvalue weighted by molar-refractivity contribution is 7.79. The average molecular weight is 258 g/mol. The summed E-state index contributed by atoms with van der Waals surface area (Å²) >= 11 is 5.01. The molecule has 0 fully saturated rings. The summed E-state index contributed by atoms with van der Waals surface area (Å²) in [6.45, 7) is 0.878. The fourth-order valence-electron chi connectivity index (χ4n) is 1.47. The van der Waals surface area contributed by atoms with E-state index >= 15 is 0 Å². The number of ether oxygens (including phenoxy) is 2. The van der Waals surface area contributed by atoms with Gasteiger partial charge in [-0.05, 0) is 11.1 Å². The van der Waals surface area contributed by atoms with Crippen LogP contribution in [0, 0.1) is 0 Å². The van der Waals surface area contributed by atoms with Gasteiger partial charge in [0.25, 0.3) is 0 Å². The fraction of sp³-hybridized carbons (Fsp3) is 0.133. The Morgan fingerprint density at radius 2 is 1.11 bits per heavy atom. The number of hydrogen-bond acceptors (Lipinski definition) is 3. The number of thiocarbonyl (C=S) groups is 1. The van der Waals surface area contributed by atoms with Crippen LogP contribution in [0.5, 0.6) is 0 Å². The molecular weight excluding hydrogens is 244 g/mol. The smallest absolute Gasteiger partial charge is 0.352 e. The van der Waals surface area contributed by atoms with Crippen LogP contribution in [0.2, 0.25) is 0 Å². The van der Waals surface area contributed by atoms with Gasteiger partial charge < -0.3 is 9.47 Å². The molecule has 0 radical (unpaired) electrons. The molecule has 2 rings (SSSR count). The van der Waals surface area contributed by atoms with Crippen molar-refractivity contribution in [2.24, 2.45) is 0 Å². The first-order valence-electron chi connectivity index (χ1n) is 5.72. The minimum absolute atomic E-state index is 0.183. The molecule has 0 unspecified atom stereocenters. The van der Waals surface area contributed by atoms with Crippen molar-refractivity contribution in [2.45, 2.75) is 13.2 Å². The van der Waals surface area contributed by atoms with Gasteiger partial charge in [0.1, 0.15) is 13.2 Å². The molecule has 0 heterocycles. The van der Waals surface area contributed by atoms with Crippen molar-refractivity contribution in [3.8, 4) is 0 Å². The summed E-state index contributed by atoms with van der Waals surface area (Å²) in [5, 5.41) is 0.183. The molecule has 0 spiro atoms. The summed E-state index contributed by atoms with van der Waals surface area (Å²) in [7, 11) is 0. The largest absolute Gasteiger partial charge is 0.452 e. The Bertz CT molecular complexity index is 437. The Hall–Kier alpha value is -1.87. The molecule has 0 aromatic heterocycles. The first-order chi connectivity index (χ1) is 8.84. The van der Waals surface area contributed by atoms with Crippen LogP contribution in [0.3, 0.4) is 0 Å². The van der Waals surface area contributed by atoms with Crippen molar-refractivity contribution in [2.75, 3.05) is 0 Å². The molecule has 0 aliphatic rings. The van der Waals surface area contributed by atoms with Crippen LogP contribution >= 0.6 is 12.2 Å².